The average molecular weight is 560 g/mol. The van der Waals surface area contributed by atoms with Crippen LogP contribution < -0.4 is 16.2 Å². The molecule has 3 aromatic heterocycles. The molecule has 1 aromatic carbocycles. The second kappa shape index (κ2) is 11.1. The first-order chi connectivity index (χ1) is 19.1. The van der Waals surface area contributed by atoms with Crippen molar-refractivity contribution >= 4 is 40.3 Å². The Balaban J connectivity index is 1.44. The van der Waals surface area contributed by atoms with Crippen LogP contribution in [0.4, 0.5) is 5.82 Å². The molecule has 1 aliphatic heterocycles. The maximum absolute atomic E-state index is 13.5. The van der Waals surface area contributed by atoms with Crippen molar-refractivity contribution in [2.24, 2.45) is 5.41 Å². The van der Waals surface area contributed by atoms with Gasteiger partial charge in [-0.1, -0.05) is 37.6 Å². The molecule has 2 amide bonds. The molecule has 1 saturated heterocycles. The number of aryl methyl sites for hydroxylation is 1. The molecular formula is C29H30ClN7O3. The Morgan fingerprint density at radius 1 is 0.975 bits per heavy atom. The zero-order chi connectivity index (χ0) is 28.4. The highest BCUT2D eigenvalue weighted by Gasteiger charge is 2.37. The average Bonchev–Trinajstić information content (AvgIpc) is 2.92. The van der Waals surface area contributed by atoms with Gasteiger partial charge in [-0.3, -0.25) is 23.9 Å². The minimum absolute atomic E-state index is 0.0497. The fraction of sp³-hybridized carbons (Fsp3) is 0.310. The maximum atomic E-state index is 13.5. The summed E-state index contributed by atoms with van der Waals surface area (Å²) in [5, 5.41) is 7.16. The number of halogens is 1. The standard InChI is InChI=1S/C29H30ClN7O3/c1-18-10-32-24(14-31-18)33-12-20-8-21-9-23(27(39)35-11-19-4-6-22(30)7-5-19)28(40)37(26(21)34-13-20)15-25(38)36-16-29(2,3)17-36/h4-10,13-14H,11-12,15-17H2,1-3H3,(H,32,33)(H,35,39). The summed E-state index contributed by atoms with van der Waals surface area (Å²) in [7, 11) is 0. The van der Waals surface area contributed by atoms with Crippen molar-refractivity contribution in [1.82, 2.24) is 29.7 Å². The van der Waals surface area contributed by atoms with Gasteiger partial charge in [0.15, 0.2) is 0 Å². The van der Waals surface area contributed by atoms with Crippen molar-refractivity contribution in [1.29, 1.82) is 0 Å². The van der Waals surface area contributed by atoms with Crippen LogP contribution in [0.5, 0.6) is 0 Å². The fourth-order valence-corrected chi connectivity index (χ4v) is 4.80. The summed E-state index contributed by atoms with van der Waals surface area (Å²) in [5.41, 5.74) is 2.22. The van der Waals surface area contributed by atoms with Gasteiger partial charge in [0.2, 0.25) is 5.91 Å². The van der Waals surface area contributed by atoms with Crippen molar-refractivity contribution in [3.05, 3.63) is 92.7 Å². The molecule has 0 unspecified atom stereocenters. The topological polar surface area (TPSA) is 122 Å². The van der Waals surface area contributed by atoms with E-state index in [0.29, 0.717) is 41.5 Å². The summed E-state index contributed by atoms with van der Waals surface area (Å²) >= 11 is 5.95. The molecule has 0 bridgehead atoms. The molecule has 5 rings (SSSR count). The summed E-state index contributed by atoms with van der Waals surface area (Å²) in [6.07, 6.45) is 4.96. The second-order valence-corrected chi connectivity index (χ2v) is 11.3. The van der Waals surface area contributed by atoms with Crippen LogP contribution in [-0.4, -0.2) is 49.3 Å². The number of hydrogen-bond donors (Lipinski definition) is 2. The van der Waals surface area contributed by atoms with E-state index in [9.17, 15) is 14.4 Å². The zero-order valence-corrected chi connectivity index (χ0v) is 23.3. The summed E-state index contributed by atoms with van der Waals surface area (Å²) in [6, 6.07) is 10.5. The molecule has 0 atom stereocenters. The predicted octanol–water partition coefficient (Wildman–Crippen LogP) is 3.56. The number of anilines is 1. The summed E-state index contributed by atoms with van der Waals surface area (Å²) in [4.78, 5) is 54.6. The Bertz CT molecular complexity index is 1630. The normalized spacial score (nSPS) is 14.1. The number of nitrogens with zero attached hydrogens (tertiary/aromatic N) is 5. The van der Waals surface area contributed by atoms with E-state index >= 15 is 0 Å². The highest BCUT2D eigenvalue weighted by Crippen LogP contribution is 2.29. The third-order valence-electron chi connectivity index (χ3n) is 6.73. The molecule has 0 aliphatic carbocycles. The second-order valence-electron chi connectivity index (χ2n) is 10.8. The number of carbonyl (C=O) groups is 2. The molecule has 40 heavy (non-hydrogen) atoms. The van der Waals surface area contributed by atoms with Gasteiger partial charge in [0.05, 0.1) is 18.1 Å². The van der Waals surface area contributed by atoms with Gasteiger partial charge in [0, 0.05) is 42.8 Å². The van der Waals surface area contributed by atoms with Crippen LogP contribution in [0.25, 0.3) is 11.0 Å². The van der Waals surface area contributed by atoms with E-state index in [-0.39, 0.29) is 30.0 Å². The lowest BCUT2D eigenvalue weighted by molar-refractivity contribution is -0.142. The van der Waals surface area contributed by atoms with E-state index in [2.05, 4.69) is 39.4 Å². The first-order valence-electron chi connectivity index (χ1n) is 12.9. The van der Waals surface area contributed by atoms with Gasteiger partial charge in [-0.2, -0.15) is 0 Å². The molecule has 1 aliphatic rings. The fourth-order valence-electron chi connectivity index (χ4n) is 4.67. The Morgan fingerprint density at radius 3 is 2.40 bits per heavy atom. The number of pyridine rings is 2. The van der Waals surface area contributed by atoms with Gasteiger partial charge < -0.3 is 15.5 Å². The van der Waals surface area contributed by atoms with E-state index in [0.717, 1.165) is 16.8 Å². The zero-order valence-electron chi connectivity index (χ0n) is 22.6. The summed E-state index contributed by atoms with van der Waals surface area (Å²) in [5.74, 6) is -0.112. The van der Waals surface area contributed by atoms with Gasteiger partial charge in [-0.25, -0.2) is 9.97 Å². The molecular weight excluding hydrogens is 530 g/mol. The van der Waals surface area contributed by atoms with Crippen LogP contribution in [0.1, 0.15) is 41.0 Å². The third-order valence-corrected chi connectivity index (χ3v) is 6.98. The van der Waals surface area contributed by atoms with Crippen LogP contribution in [0.15, 0.2) is 59.8 Å². The van der Waals surface area contributed by atoms with Gasteiger partial charge in [0.25, 0.3) is 11.5 Å². The Labute approximate surface area is 236 Å². The number of likely N-dealkylation sites (tertiary alicyclic amines) is 1. The van der Waals surface area contributed by atoms with Gasteiger partial charge >= 0.3 is 0 Å². The highest BCUT2D eigenvalue weighted by molar-refractivity contribution is 6.30. The quantitative estimate of drug-likeness (QED) is 0.338. The van der Waals surface area contributed by atoms with Crippen molar-refractivity contribution < 1.29 is 9.59 Å². The number of carbonyl (C=O) groups excluding carboxylic acids is 2. The van der Waals surface area contributed by atoms with Crippen LogP contribution in [0, 0.1) is 12.3 Å². The third kappa shape index (κ3) is 6.12. The first-order valence-corrected chi connectivity index (χ1v) is 13.3. The Kier molecular flexibility index (Phi) is 7.53. The van der Waals surface area contributed by atoms with E-state index in [1.54, 1.807) is 47.8 Å². The lowest BCUT2D eigenvalue weighted by atomic mass is 9.84. The predicted molar refractivity (Wildman–Crippen MR) is 153 cm³/mol. The van der Waals surface area contributed by atoms with E-state index in [1.807, 2.05) is 13.0 Å². The number of fused-ring (bicyclic) bond motifs is 1. The van der Waals surface area contributed by atoms with Crippen LogP contribution in [0.2, 0.25) is 5.02 Å². The summed E-state index contributed by atoms with van der Waals surface area (Å²) in [6.45, 7) is 7.69. The van der Waals surface area contributed by atoms with Crippen molar-refractivity contribution in [2.45, 2.75) is 40.4 Å². The van der Waals surface area contributed by atoms with Crippen molar-refractivity contribution in [3.8, 4) is 0 Å². The van der Waals surface area contributed by atoms with E-state index < -0.39 is 11.5 Å². The Morgan fingerprint density at radius 2 is 1.73 bits per heavy atom. The molecule has 0 spiro atoms. The van der Waals surface area contributed by atoms with E-state index in [1.165, 1.54) is 10.6 Å². The van der Waals surface area contributed by atoms with E-state index in [4.69, 9.17) is 11.6 Å². The molecule has 0 saturated carbocycles. The van der Waals surface area contributed by atoms with Gasteiger partial charge in [0.1, 0.15) is 23.6 Å². The number of hydrogen-bond acceptors (Lipinski definition) is 7. The smallest absolute Gasteiger partial charge is 0.265 e. The monoisotopic (exact) mass is 559 g/mol. The molecule has 1 fully saturated rings. The lowest BCUT2D eigenvalue weighted by Gasteiger charge is -2.45. The van der Waals surface area contributed by atoms with Gasteiger partial charge in [-0.15, -0.1) is 0 Å². The minimum atomic E-state index is -0.567. The molecule has 2 N–H and O–H groups in total. The maximum Gasteiger partial charge on any atom is 0.265 e. The molecule has 10 nitrogen and oxygen atoms in total. The van der Waals surface area contributed by atoms with Crippen LogP contribution in [0.3, 0.4) is 0 Å². The molecule has 11 heteroatoms. The molecule has 4 heterocycles. The molecule has 0 radical (unpaired) electrons. The van der Waals surface area contributed by atoms with Gasteiger partial charge in [-0.05, 0) is 47.7 Å². The van der Waals surface area contributed by atoms with Crippen molar-refractivity contribution in [2.75, 3.05) is 18.4 Å². The Hall–Kier alpha value is -4.31. The largest absolute Gasteiger partial charge is 0.365 e. The molecule has 206 valence electrons. The number of rotatable bonds is 8. The number of amides is 2. The summed E-state index contributed by atoms with van der Waals surface area (Å²) < 4.78 is 1.29. The first kappa shape index (κ1) is 27.3. The number of nitrogens with one attached hydrogen (secondary N) is 2. The number of aromatic nitrogens is 4. The highest BCUT2D eigenvalue weighted by atomic mass is 35.5. The minimum Gasteiger partial charge on any atom is -0.365 e. The SMILES string of the molecule is Cc1cnc(NCc2cnc3c(c2)cc(C(=O)NCc2ccc(Cl)cc2)c(=O)n3CC(=O)N2CC(C)(C)C2)cn1. The van der Waals surface area contributed by atoms with Crippen LogP contribution >= 0.6 is 11.6 Å². The lowest BCUT2D eigenvalue weighted by Crippen LogP contribution is -2.56. The molecule has 4 aromatic rings. The van der Waals surface area contributed by atoms with Crippen LogP contribution in [-0.2, 0) is 24.4 Å². The van der Waals surface area contributed by atoms with Crippen molar-refractivity contribution in [3.63, 3.8) is 0 Å². The number of benzene rings is 1.